The summed E-state index contributed by atoms with van der Waals surface area (Å²) in [5.74, 6) is -0.426. The molecule has 94 valence electrons. The Morgan fingerprint density at radius 1 is 1.24 bits per heavy atom. The highest BCUT2D eigenvalue weighted by Gasteiger charge is 2.28. The van der Waals surface area contributed by atoms with Gasteiger partial charge >= 0.3 is 0 Å². The second kappa shape index (κ2) is 5.56. The standard InChI is InChI=1S/C13H17F2NO/c1-16-7-9-4-13(5-9)17-8-10-2-11(14)6-12(15)3-10/h2-3,6,9,13,16H,4-5,7-8H2,1H3. The van der Waals surface area contributed by atoms with Crippen LogP contribution in [-0.4, -0.2) is 19.7 Å². The molecule has 0 spiro atoms. The van der Waals surface area contributed by atoms with Crippen molar-refractivity contribution in [2.24, 2.45) is 5.92 Å². The van der Waals surface area contributed by atoms with Crippen molar-refractivity contribution in [3.05, 3.63) is 35.4 Å². The highest BCUT2D eigenvalue weighted by Crippen LogP contribution is 2.30. The third-order valence-electron chi connectivity index (χ3n) is 3.09. The topological polar surface area (TPSA) is 21.3 Å². The number of rotatable bonds is 5. The quantitative estimate of drug-likeness (QED) is 0.855. The predicted molar refractivity (Wildman–Crippen MR) is 61.6 cm³/mol. The molecule has 1 aromatic carbocycles. The molecule has 1 aliphatic carbocycles. The fourth-order valence-electron chi connectivity index (χ4n) is 2.17. The molecule has 1 aromatic rings. The number of benzene rings is 1. The third kappa shape index (κ3) is 3.48. The number of hydrogen-bond donors (Lipinski definition) is 1. The zero-order valence-electron chi connectivity index (χ0n) is 9.88. The second-order valence-electron chi connectivity index (χ2n) is 4.61. The van der Waals surface area contributed by atoms with Crippen LogP contribution in [-0.2, 0) is 11.3 Å². The first-order valence-electron chi connectivity index (χ1n) is 5.88. The van der Waals surface area contributed by atoms with Crippen molar-refractivity contribution in [2.75, 3.05) is 13.6 Å². The van der Waals surface area contributed by atoms with Gasteiger partial charge in [0.25, 0.3) is 0 Å². The highest BCUT2D eigenvalue weighted by molar-refractivity contribution is 5.17. The second-order valence-corrected chi connectivity index (χ2v) is 4.61. The van der Waals surface area contributed by atoms with E-state index in [0.29, 0.717) is 11.5 Å². The molecule has 1 fully saturated rings. The van der Waals surface area contributed by atoms with Crippen LogP contribution in [0.25, 0.3) is 0 Å². The van der Waals surface area contributed by atoms with E-state index in [2.05, 4.69) is 5.32 Å². The lowest BCUT2D eigenvalue weighted by molar-refractivity contribution is -0.0392. The normalized spacial score (nSPS) is 23.5. The summed E-state index contributed by atoms with van der Waals surface area (Å²) in [5.41, 5.74) is 0.555. The minimum absolute atomic E-state index is 0.236. The SMILES string of the molecule is CNCC1CC(OCc2cc(F)cc(F)c2)C1. The Morgan fingerprint density at radius 2 is 1.88 bits per heavy atom. The molecular formula is C13H17F2NO. The molecule has 0 bridgehead atoms. The Hall–Kier alpha value is -1.00. The summed E-state index contributed by atoms with van der Waals surface area (Å²) in [6.07, 6.45) is 2.29. The summed E-state index contributed by atoms with van der Waals surface area (Å²) in [4.78, 5) is 0. The van der Waals surface area contributed by atoms with Crippen molar-refractivity contribution in [1.29, 1.82) is 0 Å². The number of ether oxygens (including phenoxy) is 1. The van der Waals surface area contributed by atoms with Crippen LogP contribution in [0.3, 0.4) is 0 Å². The maximum absolute atomic E-state index is 12.9. The third-order valence-corrected chi connectivity index (χ3v) is 3.09. The van der Waals surface area contributed by atoms with E-state index >= 15 is 0 Å². The molecule has 0 unspecified atom stereocenters. The van der Waals surface area contributed by atoms with Gasteiger partial charge in [0, 0.05) is 6.07 Å². The van der Waals surface area contributed by atoms with Gasteiger partial charge in [0.05, 0.1) is 12.7 Å². The lowest BCUT2D eigenvalue weighted by Crippen LogP contribution is -2.36. The molecule has 0 aromatic heterocycles. The van der Waals surface area contributed by atoms with Crippen LogP contribution in [0.1, 0.15) is 18.4 Å². The Morgan fingerprint density at radius 3 is 2.47 bits per heavy atom. The molecule has 1 aliphatic rings. The van der Waals surface area contributed by atoms with Crippen molar-refractivity contribution >= 4 is 0 Å². The molecule has 0 radical (unpaired) electrons. The highest BCUT2D eigenvalue weighted by atomic mass is 19.1. The van der Waals surface area contributed by atoms with Gasteiger partial charge in [-0.05, 0) is 50.0 Å². The fourth-order valence-corrected chi connectivity index (χ4v) is 2.17. The van der Waals surface area contributed by atoms with Crippen LogP contribution >= 0.6 is 0 Å². The number of nitrogens with one attached hydrogen (secondary N) is 1. The van der Waals surface area contributed by atoms with Crippen LogP contribution in [0.4, 0.5) is 8.78 Å². The van der Waals surface area contributed by atoms with E-state index in [9.17, 15) is 8.78 Å². The molecule has 1 N–H and O–H groups in total. The Labute approximate surface area is 100.0 Å². The smallest absolute Gasteiger partial charge is 0.126 e. The average Bonchev–Trinajstić information content (AvgIpc) is 2.19. The van der Waals surface area contributed by atoms with E-state index in [1.54, 1.807) is 0 Å². The van der Waals surface area contributed by atoms with Gasteiger partial charge < -0.3 is 10.1 Å². The monoisotopic (exact) mass is 241 g/mol. The van der Waals surface area contributed by atoms with Crippen LogP contribution < -0.4 is 5.32 Å². The lowest BCUT2D eigenvalue weighted by atomic mass is 9.82. The Balaban J connectivity index is 1.76. The van der Waals surface area contributed by atoms with Gasteiger partial charge in [-0.15, -0.1) is 0 Å². The molecule has 17 heavy (non-hydrogen) atoms. The van der Waals surface area contributed by atoms with Gasteiger partial charge in [0.2, 0.25) is 0 Å². The largest absolute Gasteiger partial charge is 0.374 e. The number of halogens is 2. The first-order chi connectivity index (χ1) is 8.17. The van der Waals surface area contributed by atoms with Crippen molar-refractivity contribution in [2.45, 2.75) is 25.6 Å². The van der Waals surface area contributed by atoms with Gasteiger partial charge in [-0.3, -0.25) is 0 Å². The minimum Gasteiger partial charge on any atom is -0.374 e. The molecule has 0 aliphatic heterocycles. The van der Waals surface area contributed by atoms with Crippen LogP contribution in [0.2, 0.25) is 0 Å². The molecule has 0 atom stereocenters. The molecule has 0 saturated heterocycles. The van der Waals surface area contributed by atoms with Crippen LogP contribution in [0.5, 0.6) is 0 Å². The van der Waals surface area contributed by atoms with Crippen molar-refractivity contribution in [3.63, 3.8) is 0 Å². The summed E-state index contributed by atoms with van der Waals surface area (Å²) >= 11 is 0. The molecule has 0 heterocycles. The lowest BCUT2D eigenvalue weighted by Gasteiger charge is -2.35. The van der Waals surface area contributed by atoms with E-state index in [0.717, 1.165) is 25.5 Å². The van der Waals surface area contributed by atoms with E-state index < -0.39 is 11.6 Å². The van der Waals surface area contributed by atoms with E-state index in [1.807, 2.05) is 7.05 Å². The fraction of sp³-hybridized carbons (Fsp3) is 0.538. The molecule has 2 nitrogen and oxygen atoms in total. The van der Waals surface area contributed by atoms with E-state index in [4.69, 9.17) is 4.74 Å². The van der Waals surface area contributed by atoms with Crippen LogP contribution in [0, 0.1) is 17.6 Å². The molecule has 4 heteroatoms. The van der Waals surface area contributed by atoms with Crippen molar-refractivity contribution in [3.8, 4) is 0 Å². The summed E-state index contributed by atoms with van der Waals surface area (Å²) < 4.78 is 31.4. The van der Waals surface area contributed by atoms with Crippen LogP contribution in [0.15, 0.2) is 18.2 Å². The molecular weight excluding hydrogens is 224 g/mol. The summed E-state index contributed by atoms with van der Waals surface area (Å²) in [6, 6.07) is 3.50. The van der Waals surface area contributed by atoms with Gasteiger partial charge in [0.1, 0.15) is 11.6 Å². The van der Waals surface area contributed by atoms with E-state index in [-0.39, 0.29) is 12.7 Å². The average molecular weight is 241 g/mol. The van der Waals surface area contributed by atoms with Gasteiger partial charge in [-0.1, -0.05) is 0 Å². The minimum atomic E-state index is -0.551. The van der Waals surface area contributed by atoms with Gasteiger partial charge in [-0.25, -0.2) is 8.78 Å². The van der Waals surface area contributed by atoms with E-state index in [1.165, 1.54) is 12.1 Å². The Bertz CT molecular complexity index is 357. The zero-order chi connectivity index (χ0) is 12.3. The first-order valence-corrected chi connectivity index (χ1v) is 5.88. The van der Waals surface area contributed by atoms with Gasteiger partial charge in [-0.2, -0.15) is 0 Å². The number of hydrogen-bond acceptors (Lipinski definition) is 2. The maximum atomic E-state index is 12.9. The maximum Gasteiger partial charge on any atom is 0.126 e. The van der Waals surface area contributed by atoms with Crippen molar-refractivity contribution < 1.29 is 13.5 Å². The Kier molecular flexibility index (Phi) is 4.07. The van der Waals surface area contributed by atoms with Crippen molar-refractivity contribution in [1.82, 2.24) is 5.32 Å². The zero-order valence-corrected chi connectivity index (χ0v) is 9.88. The summed E-state index contributed by atoms with van der Waals surface area (Å²) in [7, 11) is 1.93. The molecule has 2 rings (SSSR count). The predicted octanol–water partition coefficient (Wildman–Crippen LogP) is 2.48. The molecule has 1 saturated carbocycles. The summed E-state index contributed by atoms with van der Waals surface area (Å²) in [6.45, 7) is 1.29. The summed E-state index contributed by atoms with van der Waals surface area (Å²) in [5, 5.41) is 3.12. The first kappa shape index (κ1) is 12.5. The van der Waals surface area contributed by atoms with Gasteiger partial charge in [0.15, 0.2) is 0 Å². The molecule has 0 amide bonds.